The third-order valence-electron chi connectivity index (χ3n) is 1.68. The fourth-order valence-electron chi connectivity index (χ4n) is 1.01. The standard InChI is InChI=1S/C8H8ClNO5S/c1-2-15-16(13,14)6-3-4-7(9)8(5-6)10(11)12/h3-5H,2H2,1H3. The monoisotopic (exact) mass is 265 g/mol. The maximum Gasteiger partial charge on any atom is 0.297 e. The van der Waals surface area contributed by atoms with Gasteiger partial charge in [-0.15, -0.1) is 0 Å². The van der Waals surface area contributed by atoms with Gasteiger partial charge in [-0.25, -0.2) is 0 Å². The average Bonchev–Trinajstić information content (AvgIpc) is 2.17. The Kier molecular flexibility index (Phi) is 3.84. The third kappa shape index (κ3) is 2.69. The van der Waals surface area contributed by atoms with Gasteiger partial charge < -0.3 is 0 Å². The smallest absolute Gasteiger partial charge is 0.267 e. The van der Waals surface area contributed by atoms with E-state index in [4.69, 9.17) is 11.6 Å². The van der Waals surface area contributed by atoms with E-state index in [-0.39, 0.29) is 16.5 Å². The first-order chi connectivity index (χ1) is 7.38. The van der Waals surface area contributed by atoms with Crippen LogP contribution in [0.4, 0.5) is 5.69 Å². The zero-order chi connectivity index (χ0) is 12.3. The maximum atomic E-state index is 11.4. The highest BCUT2D eigenvalue weighted by Gasteiger charge is 2.20. The fraction of sp³-hybridized carbons (Fsp3) is 0.250. The molecule has 0 amide bonds. The number of rotatable bonds is 4. The van der Waals surface area contributed by atoms with Crippen molar-refractivity contribution in [1.29, 1.82) is 0 Å². The molecule has 1 rings (SSSR count). The van der Waals surface area contributed by atoms with E-state index in [1.165, 1.54) is 6.92 Å². The second kappa shape index (κ2) is 4.77. The minimum Gasteiger partial charge on any atom is -0.267 e. The molecule has 0 aliphatic carbocycles. The van der Waals surface area contributed by atoms with Gasteiger partial charge in [0, 0.05) is 6.07 Å². The molecule has 0 atom stereocenters. The fourth-order valence-corrected chi connectivity index (χ4v) is 2.13. The van der Waals surface area contributed by atoms with Crippen LogP contribution in [-0.2, 0) is 14.3 Å². The Balaban J connectivity index is 3.28. The van der Waals surface area contributed by atoms with E-state index < -0.39 is 20.7 Å². The van der Waals surface area contributed by atoms with Gasteiger partial charge in [0.05, 0.1) is 11.5 Å². The van der Waals surface area contributed by atoms with Crippen LogP contribution in [0.2, 0.25) is 5.02 Å². The number of nitrogens with zero attached hydrogens (tertiary/aromatic N) is 1. The summed E-state index contributed by atoms with van der Waals surface area (Å²) >= 11 is 5.54. The molecule has 0 saturated carbocycles. The van der Waals surface area contributed by atoms with Crippen molar-refractivity contribution in [3.05, 3.63) is 33.3 Å². The van der Waals surface area contributed by atoms with Gasteiger partial charge >= 0.3 is 0 Å². The molecule has 1 aromatic rings. The molecule has 6 nitrogen and oxygen atoms in total. The Labute approximate surface area is 97.1 Å². The molecule has 16 heavy (non-hydrogen) atoms. The lowest BCUT2D eigenvalue weighted by Gasteiger charge is -2.03. The molecule has 8 heteroatoms. The lowest BCUT2D eigenvalue weighted by Crippen LogP contribution is -2.06. The molecule has 0 bridgehead atoms. The van der Waals surface area contributed by atoms with E-state index >= 15 is 0 Å². The van der Waals surface area contributed by atoms with Crippen molar-refractivity contribution in [1.82, 2.24) is 0 Å². The van der Waals surface area contributed by atoms with Gasteiger partial charge in [-0.05, 0) is 19.1 Å². The number of benzene rings is 1. The molecule has 0 aliphatic heterocycles. The van der Waals surface area contributed by atoms with Crippen molar-refractivity contribution in [2.45, 2.75) is 11.8 Å². The predicted molar refractivity (Wildman–Crippen MR) is 56.9 cm³/mol. The molecule has 0 aliphatic rings. The van der Waals surface area contributed by atoms with Crippen LogP contribution in [0.3, 0.4) is 0 Å². The van der Waals surface area contributed by atoms with Gasteiger partial charge in [0.2, 0.25) is 0 Å². The van der Waals surface area contributed by atoms with Crippen LogP contribution in [0, 0.1) is 10.1 Å². The van der Waals surface area contributed by atoms with E-state index in [9.17, 15) is 18.5 Å². The van der Waals surface area contributed by atoms with Crippen LogP contribution in [0.1, 0.15) is 6.92 Å². The molecule has 0 unspecified atom stereocenters. The SMILES string of the molecule is CCOS(=O)(=O)c1ccc(Cl)c([N+](=O)[O-])c1. The average molecular weight is 266 g/mol. The lowest BCUT2D eigenvalue weighted by molar-refractivity contribution is -0.384. The first-order valence-corrected chi connectivity index (χ1v) is 6.00. The quantitative estimate of drug-likeness (QED) is 0.472. The predicted octanol–water partition coefficient (Wildman–Crippen LogP) is 1.97. The van der Waals surface area contributed by atoms with Crippen molar-refractivity contribution < 1.29 is 17.5 Å². The number of nitro benzene ring substituents is 1. The van der Waals surface area contributed by atoms with Crippen molar-refractivity contribution in [3.63, 3.8) is 0 Å². The molecule has 0 aromatic heterocycles. The zero-order valence-electron chi connectivity index (χ0n) is 8.21. The Morgan fingerprint density at radius 2 is 2.12 bits per heavy atom. The summed E-state index contributed by atoms with van der Waals surface area (Å²) in [5.74, 6) is 0. The number of nitro groups is 1. The van der Waals surface area contributed by atoms with Crippen molar-refractivity contribution >= 4 is 27.4 Å². The van der Waals surface area contributed by atoms with E-state index in [2.05, 4.69) is 4.18 Å². The van der Waals surface area contributed by atoms with E-state index in [1.54, 1.807) is 0 Å². The lowest BCUT2D eigenvalue weighted by atomic mass is 10.3. The van der Waals surface area contributed by atoms with E-state index in [1.807, 2.05) is 0 Å². The Hall–Kier alpha value is -1.18. The number of halogens is 1. The molecule has 0 N–H and O–H groups in total. The molecule has 0 heterocycles. The summed E-state index contributed by atoms with van der Waals surface area (Å²) in [5, 5.41) is 10.4. The van der Waals surface area contributed by atoms with Crippen LogP contribution < -0.4 is 0 Å². The molecular weight excluding hydrogens is 258 g/mol. The van der Waals surface area contributed by atoms with Gasteiger partial charge in [-0.3, -0.25) is 14.3 Å². The Morgan fingerprint density at radius 1 is 1.50 bits per heavy atom. The summed E-state index contributed by atoms with van der Waals surface area (Å²) < 4.78 is 27.4. The maximum absolute atomic E-state index is 11.4. The first kappa shape index (κ1) is 12.9. The summed E-state index contributed by atoms with van der Waals surface area (Å²) in [5.41, 5.74) is -0.470. The second-order valence-corrected chi connectivity index (χ2v) is 4.75. The van der Waals surface area contributed by atoms with Crippen LogP contribution in [0.15, 0.2) is 23.1 Å². The van der Waals surface area contributed by atoms with Crippen molar-refractivity contribution in [2.24, 2.45) is 0 Å². The third-order valence-corrected chi connectivity index (χ3v) is 3.37. The topological polar surface area (TPSA) is 86.5 Å². The summed E-state index contributed by atoms with van der Waals surface area (Å²) in [6, 6.07) is 3.17. The van der Waals surface area contributed by atoms with Gasteiger partial charge in [-0.1, -0.05) is 11.6 Å². The summed E-state index contributed by atoms with van der Waals surface area (Å²) in [6.07, 6.45) is 0. The summed E-state index contributed by atoms with van der Waals surface area (Å²) in [7, 11) is -3.95. The van der Waals surface area contributed by atoms with Gasteiger partial charge in [0.25, 0.3) is 15.8 Å². The van der Waals surface area contributed by atoms with Gasteiger partial charge in [-0.2, -0.15) is 8.42 Å². The van der Waals surface area contributed by atoms with Crippen LogP contribution in [0.5, 0.6) is 0 Å². The number of hydrogen-bond donors (Lipinski definition) is 0. The Bertz CT molecular complexity index is 513. The highest BCUT2D eigenvalue weighted by molar-refractivity contribution is 7.86. The van der Waals surface area contributed by atoms with E-state index in [0.717, 1.165) is 18.2 Å². The largest absolute Gasteiger partial charge is 0.297 e. The second-order valence-electron chi connectivity index (χ2n) is 2.73. The number of hydrogen-bond acceptors (Lipinski definition) is 5. The summed E-state index contributed by atoms with van der Waals surface area (Å²) in [4.78, 5) is 9.50. The minimum atomic E-state index is -3.95. The molecule has 0 radical (unpaired) electrons. The van der Waals surface area contributed by atoms with Crippen LogP contribution >= 0.6 is 11.6 Å². The van der Waals surface area contributed by atoms with Gasteiger partial charge in [0.15, 0.2) is 0 Å². The normalized spacial score (nSPS) is 11.4. The van der Waals surface area contributed by atoms with Gasteiger partial charge in [0.1, 0.15) is 9.92 Å². The highest BCUT2D eigenvalue weighted by atomic mass is 35.5. The van der Waals surface area contributed by atoms with Crippen molar-refractivity contribution in [3.8, 4) is 0 Å². The molecular formula is C8H8ClNO5S. The molecule has 0 fully saturated rings. The first-order valence-electron chi connectivity index (χ1n) is 4.22. The van der Waals surface area contributed by atoms with E-state index in [0.29, 0.717) is 0 Å². The molecule has 0 spiro atoms. The molecule has 1 aromatic carbocycles. The van der Waals surface area contributed by atoms with Crippen LogP contribution in [-0.4, -0.2) is 19.9 Å². The zero-order valence-corrected chi connectivity index (χ0v) is 9.79. The van der Waals surface area contributed by atoms with Crippen LogP contribution in [0.25, 0.3) is 0 Å². The highest BCUT2D eigenvalue weighted by Crippen LogP contribution is 2.27. The molecule has 88 valence electrons. The molecule has 0 saturated heterocycles. The Morgan fingerprint density at radius 3 is 2.62 bits per heavy atom. The summed E-state index contributed by atoms with van der Waals surface area (Å²) in [6.45, 7) is 1.46. The minimum absolute atomic E-state index is 0.0429. The van der Waals surface area contributed by atoms with Crippen molar-refractivity contribution in [2.75, 3.05) is 6.61 Å².